The Kier molecular flexibility index (Phi) is 8.64. The van der Waals surface area contributed by atoms with E-state index in [0.717, 1.165) is 0 Å². The van der Waals surface area contributed by atoms with Crippen molar-refractivity contribution < 1.29 is 44.0 Å². The Balaban J connectivity index is 1.23. The Morgan fingerprint density at radius 2 is 1.66 bits per heavy atom. The second-order valence-electron chi connectivity index (χ2n) is 9.43. The maximum Gasteiger partial charge on any atom is 0.336 e. The van der Waals surface area contributed by atoms with Crippen LogP contribution in [0.15, 0.2) is 75.9 Å². The first-order valence-corrected chi connectivity index (χ1v) is 13.5. The fourth-order valence-corrected chi connectivity index (χ4v) is 4.70. The highest BCUT2D eigenvalue weighted by Crippen LogP contribution is 2.42. The third kappa shape index (κ3) is 6.56. The van der Waals surface area contributed by atoms with Gasteiger partial charge in [-0.1, -0.05) is 6.07 Å². The molecule has 2 aromatic carbocycles. The van der Waals surface area contributed by atoms with E-state index in [0.29, 0.717) is 32.5 Å². The predicted molar refractivity (Wildman–Crippen MR) is 162 cm³/mol. The summed E-state index contributed by atoms with van der Waals surface area (Å²) in [4.78, 5) is 41.1. The number of aromatic hydroxyl groups is 3. The van der Waals surface area contributed by atoms with Crippen LogP contribution in [0.2, 0.25) is 0 Å². The molecule has 0 atom stereocenters. The zero-order valence-corrected chi connectivity index (χ0v) is 23.6. The molecule has 226 valence electrons. The van der Waals surface area contributed by atoms with E-state index in [-0.39, 0.29) is 59.4 Å². The van der Waals surface area contributed by atoms with Crippen LogP contribution in [0.3, 0.4) is 0 Å². The summed E-state index contributed by atoms with van der Waals surface area (Å²) in [5.41, 5.74) is 1.77. The Hall–Kier alpha value is -5.60. The minimum atomic E-state index is -1.20. The average Bonchev–Trinajstić information content (AvgIpc) is 3.29. The number of hydrogen-bond acceptors (Lipinski definition) is 10. The number of phenols is 1. The van der Waals surface area contributed by atoms with Gasteiger partial charge in [0.2, 0.25) is 11.8 Å². The van der Waals surface area contributed by atoms with E-state index in [4.69, 9.17) is 26.2 Å². The summed E-state index contributed by atoms with van der Waals surface area (Å²) in [5.74, 6) is -2.58. The number of aromatic nitrogens is 1. The van der Waals surface area contributed by atoms with Crippen molar-refractivity contribution in [2.45, 2.75) is 6.42 Å². The minimum absolute atomic E-state index is 0.0127. The molecule has 0 spiro atoms. The van der Waals surface area contributed by atoms with Gasteiger partial charge in [-0.2, -0.15) is 0 Å². The molecule has 6 N–H and O–H groups in total. The predicted octanol–water partition coefficient (Wildman–Crippen LogP) is 3.53. The molecule has 13 nitrogen and oxygen atoms in total. The standard InChI is InChI=1S/C30H25N3O10S/c34-17-2-5-20-23(14-17)42-24-15-18(35)3-6-21(24)28(20)19-4-1-16(13-22(19)29(39)40)32-30(44)31-10-12-41-11-9-27(38)43-33-25(36)7-8-26(33)37/h1-8,13-15,34,36-37H,9-12H2,(H,39,40)(H2,31,32,44). The molecule has 0 saturated heterocycles. The van der Waals surface area contributed by atoms with Gasteiger partial charge in [0, 0.05) is 53.0 Å². The first-order chi connectivity index (χ1) is 21.1. The number of hydrogen-bond donors (Lipinski definition) is 6. The van der Waals surface area contributed by atoms with Crippen LogP contribution >= 0.6 is 12.2 Å². The molecule has 0 fully saturated rings. The van der Waals surface area contributed by atoms with Gasteiger partial charge in [0.15, 0.2) is 10.5 Å². The fourth-order valence-electron chi connectivity index (χ4n) is 4.48. The number of ether oxygens (including phenoxy) is 1. The molecular weight excluding hydrogens is 594 g/mol. The molecule has 2 heterocycles. The van der Waals surface area contributed by atoms with E-state index in [1.807, 2.05) is 0 Å². The highest BCUT2D eigenvalue weighted by Gasteiger charge is 2.22. The molecule has 1 aromatic heterocycles. The van der Waals surface area contributed by atoms with Crippen LogP contribution in [-0.4, -0.2) is 62.0 Å². The molecule has 14 heteroatoms. The number of thiocarbonyl (C=S) groups is 1. The second-order valence-corrected chi connectivity index (χ2v) is 9.84. The molecule has 44 heavy (non-hydrogen) atoms. The molecule has 1 aliphatic heterocycles. The van der Waals surface area contributed by atoms with E-state index in [1.165, 1.54) is 42.5 Å². The van der Waals surface area contributed by atoms with Gasteiger partial charge in [-0.15, -0.1) is 4.73 Å². The molecule has 0 unspecified atom stereocenters. The molecule has 0 amide bonds. The van der Waals surface area contributed by atoms with Crippen LogP contribution in [0.1, 0.15) is 16.8 Å². The van der Waals surface area contributed by atoms with Gasteiger partial charge in [0.05, 0.1) is 25.2 Å². The van der Waals surface area contributed by atoms with E-state index in [2.05, 4.69) is 10.6 Å². The second kappa shape index (κ2) is 12.7. The number of anilines is 1. The average molecular weight is 620 g/mol. The molecule has 0 radical (unpaired) electrons. The largest absolute Gasteiger partial charge is 0.508 e. The number of benzene rings is 3. The SMILES string of the molecule is O=C(CCOCCNC(=S)Nc1ccc(-c2c3ccc(=O)cc-3oc3cc(O)ccc23)c(C(=O)O)c1)On1c(O)ccc1O. The third-order valence-electron chi connectivity index (χ3n) is 6.43. The number of carbonyl (C=O) groups excluding carboxylic acids is 1. The number of nitrogens with zero attached hydrogens (tertiary/aromatic N) is 1. The first kappa shape index (κ1) is 29.9. The van der Waals surface area contributed by atoms with Crippen LogP contribution in [-0.2, 0) is 9.53 Å². The zero-order chi connectivity index (χ0) is 31.4. The number of carboxylic acid groups (broad SMARTS) is 1. The van der Waals surface area contributed by atoms with E-state index in [9.17, 15) is 34.8 Å². The number of rotatable bonds is 10. The van der Waals surface area contributed by atoms with Crippen molar-refractivity contribution in [1.82, 2.24) is 10.0 Å². The number of carboxylic acids is 1. The molecule has 2 aliphatic rings. The number of phenolic OH excluding ortho intramolecular Hbond substituents is 1. The van der Waals surface area contributed by atoms with Crippen LogP contribution in [0.4, 0.5) is 5.69 Å². The summed E-state index contributed by atoms with van der Waals surface area (Å²) in [7, 11) is 0. The number of aromatic carboxylic acids is 1. The van der Waals surface area contributed by atoms with Gasteiger partial charge in [-0.25, -0.2) is 9.59 Å². The summed E-state index contributed by atoms with van der Waals surface area (Å²) < 4.78 is 11.8. The lowest BCUT2D eigenvalue weighted by atomic mass is 9.90. The number of fused-ring (bicyclic) bond motifs is 2. The first-order valence-electron chi connectivity index (χ1n) is 13.1. The van der Waals surface area contributed by atoms with Gasteiger partial charge in [0.25, 0.3) is 0 Å². The van der Waals surface area contributed by atoms with Gasteiger partial charge < -0.3 is 45.1 Å². The lowest BCUT2D eigenvalue weighted by Crippen LogP contribution is -2.31. The maximum absolute atomic E-state index is 12.4. The smallest absolute Gasteiger partial charge is 0.336 e. The highest BCUT2D eigenvalue weighted by atomic mass is 32.1. The van der Waals surface area contributed by atoms with E-state index in [1.54, 1.807) is 24.3 Å². The van der Waals surface area contributed by atoms with Crippen molar-refractivity contribution in [2.75, 3.05) is 25.1 Å². The normalized spacial score (nSPS) is 11.0. The molecule has 0 bridgehead atoms. The van der Waals surface area contributed by atoms with Crippen molar-refractivity contribution in [1.29, 1.82) is 0 Å². The van der Waals surface area contributed by atoms with Crippen molar-refractivity contribution >= 4 is 45.9 Å². The Morgan fingerprint density at radius 3 is 2.41 bits per heavy atom. The Morgan fingerprint density at radius 1 is 0.909 bits per heavy atom. The van der Waals surface area contributed by atoms with E-state index >= 15 is 0 Å². The minimum Gasteiger partial charge on any atom is -0.508 e. The summed E-state index contributed by atoms with van der Waals surface area (Å²) in [5, 5.41) is 45.7. The van der Waals surface area contributed by atoms with Crippen LogP contribution in [0, 0.1) is 0 Å². The quantitative estimate of drug-likeness (QED) is 0.0756. The lowest BCUT2D eigenvalue weighted by Gasteiger charge is -2.18. The number of nitrogens with one attached hydrogen (secondary N) is 2. The van der Waals surface area contributed by atoms with Crippen LogP contribution in [0.25, 0.3) is 33.4 Å². The Labute approximate surface area is 253 Å². The van der Waals surface area contributed by atoms with Gasteiger partial charge in [-0.3, -0.25) is 4.79 Å². The maximum atomic E-state index is 12.4. The molecule has 0 saturated carbocycles. The monoisotopic (exact) mass is 619 g/mol. The summed E-state index contributed by atoms with van der Waals surface area (Å²) in [6.45, 7) is 0.455. The summed E-state index contributed by atoms with van der Waals surface area (Å²) in [6, 6.07) is 15.8. The van der Waals surface area contributed by atoms with Crippen molar-refractivity contribution in [2.24, 2.45) is 0 Å². The van der Waals surface area contributed by atoms with Gasteiger partial charge in [-0.05, 0) is 54.2 Å². The molecule has 1 aliphatic carbocycles. The molecule has 3 aromatic rings. The van der Waals surface area contributed by atoms with Crippen molar-refractivity contribution in [3.8, 4) is 40.0 Å². The number of carbonyl (C=O) groups is 2. The zero-order valence-electron chi connectivity index (χ0n) is 22.8. The van der Waals surface area contributed by atoms with Gasteiger partial charge in [0.1, 0.15) is 17.1 Å². The molecular formula is C30H25N3O10S. The molecule has 5 rings (SSSR count). The topological polar surface area (TPSA) is 193 Å². The highest BCUT2D eigenvalue weighted by molar-refractivity contribution is 7.80. The third-order valence-corrected chi connectivity index (χ3v) is 6.67. The Bertz CT molecular complexity index is 1900. The fraction of sp³-hybridized carbons (Fsp3) is 0.133. The van der Waals surface area contributed by atoms with Crippen LogP contribution in [0.5, 0.6) is 17.5 Å². The summed E-state index contributed by atoms with van der Waals surface area (Å²) >= 11 is 5.32. The lowest BCUT2D eigenvalue weighted by molar-refractivity contribution is -0.146. The van der Waals surface area contributed by atoms with Crippen molar-refractivity contribution in [3.05, 3.63) is 82.5 Å². The van der Waals surface area contributed by atoms with Gasteiger partial charge >= 0.3 is 11.9 Å². The van der Waals surface area contributed by atoms with E-state index < -0.39 is 23.7 Å². The summed E-state index contributed by atoms with van der Waals surface area (Å²) in [6.07, 6.45) is -0.136. The van der Waals surface area contributed by atoms with Crippen LogP contribution < -0.4 is 20.9 Å². The van der Waals surface area contributed by atoms with Crippen molar-refractivity contribution in [3.63, 3.8) is 0 Å².